The van der Waals surface area contributed by atoms with Crippen LogP contribution in [0.4, 0.5) is 0 Å². The first kappa shape index (κ1) is 19.9. The summed E-state index contributed by atoms with van der Waals surface area (Å²) >= 11 is 0. The minimum atomic E-state index is -0.521. The molecule has 0 bridgehead atoms. The summed E-state index contributed by atoms with van der Waals surface area (Å²) in [7, 11) is 1.45. The topological polar surface area (TPSA) is 60.4 Å². The van der Waals surface area contributed by atoms with Crippen molar-refractivity contribution in [1.29, 1.82) is 0 Å². The third-order valence-electron chi connectivity index (χ3n) is 6.88. The molecule has 0 heterocycles. The molecule has 1 unspecified atom stereocenters. The van der Waals surface area contributed by atoms with Crippen LogP contribution in [-0.4, -0.2) is 25.1 Å². The molecule has 2 aliphatic carbocycles. The molecule has 0 spiro atoms. The highest BCUT2D eigenvalue weighted by Crippen LogP contribution is 2.60. The fraction of sp³-hybridized carbons (Fsp3) is 0.762. The van der Waals surface area contributed by atoms with Crippen LogP contribution >= 0.6 is 0 Å². The number of hydrogen-bond donors (Lipinski definition) is 0. The standard InChI is InChI=1S/C21H32O4/c1-14(2)17(23)9-8-16-15(13-22)7-10-18-20(16,3)11-6-12-21(18,4)19(24)25-5/h7,13-14,16,18H,6,8-12H2,1-5H3/t16-,18?,20+,21+/m0/s1. The second-order valence-corrected chi connectivity index (χ2v) is 8.59. The van der Waals surface area contributed by atoms with Gasteiger partial charge in [-0.25, -0.2) is 0 Å². The van der Waals surface area contributed by atoms with Gasteiger partial charge in [-0.1, -0.05) is 33.3 Å². The summed E-state index contributed by atoms with van der Waals surface area (Å²) < 4.78 is 5.12. The van der Waals surface area contributed by atoms with Crippen molar-refractivity contribution in [2.75, 3.05) is 7.11 Å². The van der Waals surface area contributed by atoms with Crippen molar-refractivity contribution in [2.45, 2.75) is 66.2 Å². The monoisotopic (exact) mass is 348 g/mol. The van der Waals surface area contributed by atoms with E-state index in [2.05, 4.69) is 6.92 Å². The third kappa shape index (κ3) is 3.45. The fourth-order valence-corrected chi connectivity index (χ4v) is 5.32. The second-order valence-electron chi connectivity index (χ2n) is 8.59. The molecule has 4 atom stereocenters. The Balaban J connectivity index is 2.36. The van der Waals surface area contributed by atoms with Gasteiger partial charge in [0.05, 0.1) is 12.5 Å². The predicted molar refractivity (Wildman–Crippen MR) is 96.9 cm³/mol. The van der Waals surface area contributed by atoms with E-state index in [4.69, 9.17) is 4.74 Å². The van der Waals surface area contributed by atoms with Crippen molar-refractivity contribution in [3.63, 3.8) is 0 Å². The lowest BCUT2D eigenvalue weighted by molar-refractivity contribution is -0.166. The van der Waals surface area contributed by atoms with Gasteiger partial charge in [-0.3, -0.25) is 14.4 Å². The van der Waals surface area contributed by atoms with E-state index in [9.17, 15) is 14.4 Å². The van der Waals surface area contributed by atoms with E-state index in [1.807, 2.05) is 26.8 Å². The van der Waals surface area contributed by atoms with Crippen LogP contribution in [0.15, 0.2) is 11.6 Å². The van der Waals surface area contributed by atoms with E-state index < -0.39 is 5.41 Å². The summed E-state index contributed by atoms with van der Waals surface area (Å²) in [4.78, 5) is 36.3. The number of methoxy groups -OCH3 is 1. The molecule has 0 aromatic heterocycles. The number of carbonyl (C=O) groups excluding carboxylic acids is 3. The lowest BCUT2D eigenvalue weighted by atomic mass is 9.47. The number of carbonyl (C=O) groups is 3. The maximum absolute atomic E-state index is 12.5. The minimum Gasteiger partial charge on any atom is -0.469 e. The van der Waals surface area contributed by atoms with Crippen molar-refractivity contribution in [2.24, 2.45) is 28.6 Å². The van der Waals surface area contributed by atoms with Crippen LogP contribution in [0.1, 0.15) is 66.2 Å². The quantitative estimate of drug-likeness (QED) is 0.535. The Labute approximate surface area is 151 Å². The van der Waals surface area contributed by atoms with Gasteiger partial charge in [0, 0.05) is 12.3 Å². The van der Waals surface area contributed by atoms with Crippen LogP contribution in [-0.2, 0) is 19.1 Å². The Morgan fingerprint density at radius 1 is 1.32 bits per heavy atom. The van der Waals surface area contributed by atoms with E-state index in [0.717, 1.165) is 37.5 Å². The molecule has 140 valence electrons. The summed E-state index contributed by atoms with van der Waals surface area (Å²) in [5, 5.41) is 0. The van der Waals surface area contributed by atoms with Crippen molar-refractivity contribution in [1.82, 2.24) is 0 Å². The smallest absolute Gasteiger partial charge is 0.311 e. The second kappa shape index (κ2) is 7.43. The SMILES string of the molecule is COC(=O)[C@]1(C)CCC[C@@]2(C)C1CC=C(C=O)[C@@H]2CCC(=O)C(C)C. The first-order valence-corrected chi connectivity index (χ1v) is 9.47. The van der Waals surface area contributed by atoms with E-state index in [1.165, 1.54) is 7.11 Å². The summed E-state index contributed by atoms with van der Waals surface area (Å²) in [6.07, 6.45) is 7.60. The first-order chi connectivity index (χ1) is 11.7. The van der Waals surface area contributed by atoms with Crippen LogP contribution in [0.3, 0.4) is 0 Å². The molecule has 0 radical (unpaired) electrons. The molecule has 0 aromatic carbocycles. The fourth-order valence-electron chi connectivity index (χ4n) is 5.32. The number of esters is 1. The normalized spacial score (nSPS) is 34.9. The number of ketones is 1. The van der Waals surface area contributed by atoms with Crippen molar-refractivity contribution in [3.05, 3.63) is 11.6 Å². The molecule has 2 rings (SSSR count). The Hall–Kier alpha value is -1.45. The van der Waals surface area contributed by atoms with Crippen LogP contribution in [0.5, 0.6) is 0 Å². The zero-order valence-electron chi connectivity index (χ0n) is 16.3. The molecule has 0 aliphatic heterocycles. The summed E-state index contributed by atoms with van der Waals surface area (Å²) in [6, 6.07) is 0. The summed E-state index contributed by atoms with van der Waals surface area (Å²) in [5.41, 5.74) is 0.139. The first-order valence-electron chi connectivity index (χ1n) is 9.47. The molecule has 0 amide bonds. The van der Waals surface area contributed by atoms with Gasteiger partial charge in [0.1, 0.15) is 12.1 Å². The number of fused-ring (bicyclic) bond motifs is 1. The van der Waals surface area contributed by atoms with Crippen molar-refractivity contribution >= 4 is 18.0 Å². The third-order valence-corrected chi connectivity index (χ3v) is 6.88. The molecular formula is C21H32O4. The van der Waals surface area contributed by atoms with E-state index >= 15 is 0 Å². The van der Waals surface area contributed by atoms with E-state index in [0.29, 0.717) is 12.8 Å². The van der Waals surface area contributed by atoms with Gasteiger partial charge in [0.25, 0.3) is 0 Å². The largest absolute Gasteiger partial charge is 0.469 e. The minimum absolute atomic E-state index is 0.0162. The zero-order chi connectivity index (χ0) is 18.8. The molecule has 1 fully saturated rings. The Morgan fingerprint density at radius 3 is 2.56 bits per heavy atom. The maximum Gasteiger partial charge on any atom is 0.311 e. The number of Topliss-reactive ketones (excluding diaryl/α,β-unsaturated/α-hetero) is 1. The highest BCUT2D eigenvalue weighted by Gasteiger charge is 2.57. The Bertz CT molecular complexity index is 576. The van der Waals surface area contributed by atoms with Gasteiger partial charge in [-0.05, 0) is 55.4 Å². The van der Waals surface area contributed by atoms with E-state index in [-0.39, 0.29) is 34.9 Å². The molecule has 4 nitrogen and oxygen atoms in total. The molecule has 2 aliphatic rings. The summed E-state index contributed by atoms with van der Waals surface area (Å²) in [5.74, 6) is 0.285. The molecule has 25 heavy (non-hydrogen) atoms. The molecule has 0 aromatic rings. The van der Waals surface area contributed by atoms with Crippen molar-refractivity contribution < 1.29 is 19.1 Å². The van der Waals surface area contributed by atoms with E-state index in [1.54, 1.807) is 0 Å². The molecule has 4 heteroatoms. The number of ether oxygens (including phenoxy) is 1. The number of aldehydes is 1. The summed E-state index contributed by atoms with van der Waals surface area (Å²) in [6.45, 7) is 8.05. The highest BCUT2D eigenvalue weighted by molar-refractivity contribution is 5.81. The molecular weight excluding hydrogens is 316 g/mol. The van der Waals surface area contributed by atoms with Crippen molar-refractivity contribution in [3.8, 4) is 0 Å². The molecule has 1 saturated carbocycles. The van der Waals surface area contributed by atoms with Gasteiger partial charge >= 0.3 is 5.97 Å². The molecule has 0 saturated heterocycles. The number of hydrogen-bond acceptors (Lipinski definition) is 4. The van der Waals surface area contributed by atoms with Crippen LogP contribution in [0.2, 0.25) is 0 Å². The van der Waals surface area contributed by atoms with Crippen LogP contribution in [0.25, 0.3) is 0 Å². The van der Waals surface area contributed by atoms with Gasteiger partial charge in [-0.15, -0.1) is 0 Å². The zero-order valence-corrected chi connectivity index (χ0v) is 16.3. The number of allylic oxidation sites excluding steroid dienone is 2. The molecule has 0 N–H and O–H groups in total. The Morgan fingerprint density at radius 2 is 2.00 bits per heavy atom. The number of rotatable bonds is 6. The lowest BCUT2D eigenvalue weighted by Crippen LogP contribution is -2.53. The lowest BCUT2D eigenvalue weighted by Gasteiger charge is -2.56. The van der Waals surface area contributed by atoms with Crippen LogP contribution in [0, 0.1) is 28.6 Å². The predicted octanol–water partition coefficient (Wildman–Crippen LogP) is 4.12. The highest BCUT2D eigenvalue weighted by atomic mass is 16.5. The Kier molecular flexibility index (Phi) is 5.90. The van der Waals surface area contributed by atoms with Crippen LogP contribution < -0.4 is 0 Å². The van der Waals surface area contributed by atoms with Gasteiger partial charge in [-0.2, -0.15) is 0 Å². The maximum atomic E-state index is 12.5. The average Bonchev–Trinajstić information content (AvgIpc) is 2.58. The average molecular weight is 348 g/mol. The van der Waals surface area contributed by atoms with Gasteiger partial charge < -0.3 is 4.74 Å². The van der Waals surface area contributed by atoms with Gasteiger partial charge in [0.2, 0.25) is 0 Å². The van der Waals surface area contributed by atoms with Gasteiger partial charge in [0.15, 0.2) is 0 Å².